The average Bonchev–Trinajstić information content (AvgIpc) is 3.10. The highest BCUT2D eigenvalue weighted by Crippen LogP contribution is 2.28. The van der Waals surface area contributed by atoms with Crippen LogP contribution in [0.5, 0.6) is 0 Å². The molecule has 2 N–H and O–H groups in total. The third kappa shape index (κ3) is 8.08. The topological polar surface area (TPSA) is 83.2 Å². The van der Waals surface area contributed by atoms with Gasteiger partial charge >= 0.3 is 6.18 Å². The van der Waals surface area contributed by atoms with E-state index in [-0.39, 0.29) is 24.0 Å². The standard InChI is InChI=1S/C22H28F3N5O2.2C2H6/c1-14-18(20(26)22(23,24)25)19(27-16-9-11-29(2)12-10-16)21(31)30(28-14)13-15-7-5-4-6-8-17(15)32-3;2*1-2/h5-8,16,26-27H,4,9-13H2,1-3H3;2*1-2H3. The van der Waals surface area contributed by atoms with E-state index in [0.717, 1.165) is 17.8 Å². The van der Waals surface area contributed by atoms with E-state index in [4.69, 9.17) is 10.1 Å². The van der Waals surface area contributed by atoms with E-state index in [1.807, 2.05) is 53.0 Å². The Labute approximate surface area is 212 Å². The van der Waals surface area contributed by atoms with E-state index in [0.29, 0.717) is 30.6 Å². The second kappa shape index (κ2) is 14.6. The summed E-state index contributed by atoms with van der Waals surface area (Å²) >= 11 is 0. The van der Waals surface area contributed by atoms with Crippen LogP contribution < -0.4 is 10.9 Å². The van der Waals surface area contributed by atoms with Crippen LogP contribution in [0.15, 0.2) is 40.4 Å². The molecule has 1 saturated heterocycles. The van der Waals surface area contributed by atoms with Gasteiger partial charge in [0.15, 0.2) is 0 Å². The normalized spacial score (nSPS) is 16.4. The van der Waals surface area contributed by atoms with Crippen LogP contribution in [0.1, 0.15) is 58.2 Å². The number of ether oxygens (including phenoxy) is 1. The number of allylic oxidation sites excluding steroid dienone is 5. The molecule has 0 amide bonds. The quantitative estimate of drug-likeness (QED) is 0.496. The lowest BCUT2D eigenvalue weighted by Gasteiger charge is -2.31. The molecule has 1 aliphatic carbocycles. The molecule has 3 rings (SSSR count). The number of nitrogens with one attached hydrogen (secondary N) is 2. The second-order valence-electron chi connectivity index (χ2n) is 8.03. The van der Waals surface area contributed by atoms with Gasteiger partial charge in [0.1, 0.15) is 17.2 Å². The number of nitrogens with zero attached hydrogens (tertiary/aromatic N) is 3. The van der Waals surface area contributed by atoms with Gasteiger partial charge in [0, 0.05) is 11.6 Å². The van der Waals surface area contributed by atoms with E-state index >= 15 is 0 Å². The number of aryl methyl sites for hydroxylation is 1. The lowest BCUT2D eigenvalue weighted by molar-refractivity contribution is -0.0588. The molecule has 0 saturated carbocycles. The number of hydrogen-bond acceptors (Lipinski definition) is 6. The summed E-state index contributed by atoms with van der Waals surface area (Å²) in [6.45, 7) is 11.0. The van der Waals surface area contributed by atoms with Crippen molar-refractivity contribution in [1.29, 1.82) is 5.41 Å². The average molecular weight is 512 g/mol. The number of likely N-dealkylation sites (tertiary alicyclic amines) is 1. The van der Waals surface area contributed by atoms with Crippen molar-refractivity contribution in [3.05, 3.63) is 57.2 Å². The number of hydrogen-bond donors (Lipinski definition) is 2. The van der Waals surface area contributed by atoms with Crippen LogP contribution in [0, 0.1) is 12.3 Å². The predicted molar refractivity (Wildman–Crippen MR) is 140 cm³/mol. The molecule has 2 heterocycles. The molecule has 0 aromatic carbocycles. The summed E-state index contributed by atoms with van der Waals surface area (Å²) in [4.78, 5) is 15.4. The van der Waals surface area contributed by atoms with Gasteiger partial charge in [0.2, 0.25) is 0 Å². The Hall–Kier alpha value is -2.88. The van der Waals surface area contributed by atoms with Crippen LogP contribution in [0.25, 0.3) is 0 Å². The minimum absolute atomic E-state index is 0.0323. The SMILES string of the molecule is CC.CC.COC1=C(Cn2nc(C)c(C(=N)C(F)(F)F)c(NC3CCN(C)CC3)c2=O)C=CCC=C1. The van der Waals surface area contributed by atoms with E-state index < -0.39 is 23.0 Å². The van der Waals surface area contributed by atoms with Crippen LogP contribution in [-0.2, 0) is 11.3 Å². The van der Waals surface area contributed by atoms with Gasteiger partial charge in [0.05, 0.1) is 24.9 Å². The van der Waals surface area contributed by atoms with E-state index in [2.05, 4.69) is 15.3 Å². The predicted octanol–water partition coefficient (Wildman–Crippen LogP) is 5.46. The van der Waals surface area contributed by atoms with Gasteiger partial charge in [-0.2, -0.15) is 18.3 Å². The maximum absolute atomic E-state index is 13.4. The van der Waals surface area contributed by atoms with E-state index in [1.165, 1.54) is 14.0 Å². The van der Waals surface area contributed by atoms with Crippen molar-refractivity contribution < 1.29 is 17.9 Å². The fourth-order valence-electron chi connectivity index (χ4n) is 3.88. The molecule has 0 spiro atoms. The molecule has 1 aromatic rings. The van der Waals surface area contributed by atoms with Crippen molar-refractivity contribution in [3.63, 3.8) is 0 Å². The van der Waals surface area contributed by atoms with Gasteiger partial charge in [-0.15, -0.1) is 0 Å². The first-order chi connectivity index (χ1) is 17.1. The number of aromatic nitrogens is 2. The maximum Gasteiger partial charge on any atom is 0.433 e. The summed E-state index contributed by atoms with van der Waals surface area (Å²) in [6.07, 6.45) is 4.59. The highest BCUT2D eigenvalue weighted by Gasteiger charge is 2.39. The van der Waals surface area contributed by atoms with Crippen molar-refractivity contribution in [2.24, 2.45) is 0 Å². The molecule has 0 radical (unpaired) electrons. The van der Waals surface area contributed by atoms with Gasteiger partial charge in [0.25, 0.3) is 5.56 Å². The molecular weight excluding hydrogens is 471 g/mol. The molecule has 1 fully saturated rings. The summed E-state index contributed by atoms with van der Waals surface area (Å²) in [7, 11) is 3.49. The third-order valence-corrected chi connectivity index (χ3v) is 5.65. The largest absolute Gasteiger partial charge is 0.496 e. The lowest BCUT2D eigenvalue weighted by Crippen LogP contribution is -2.40. The van der Waals surface area contributed by atoms with Gasteiger partial charge in [-0.05, 0) is 52.4 Å². The fourth-order valence-corrected chi connectivity index (χ4v) is 3.88. The first-order valence-electron chi connectivity index (χ1n) is 12.4. The van der Waals surface area contributed by atoms with Crippen LogP contribution >= 0.6 is 0 Å². The van der Waals surface area contributed by atoms with E-state index in [9.17, 15) is 18.0 Å². The van der Waals surface area contributed by atoms with Crippen LogP contribution in [0.3, 0.4) is 0 Å². The van der Waals surface area contributed by atoms with Crippen molar-refractivity contribution in [1.82, 2.24) is 14.7 Å². The summed E-state index contributed by atoms with van der Waals surface area (Å²) < 4.78 is 46.8. The molecule has 0 bridgehead atoms. The number of halogens is 3. The number of piperidine rings is 1. The zero-order valence-electron chi connectivity index (χ0n) is 22.4. The second-order valence-corrected chi connectivity index (χ2v) is 8.03. The van der Waals surface area contributed by atoms with Crippen LogP contribution in [0.2, 0.25) is 0 Å². The molecule has 7 nitrogen and oxygen atoms in total. The van der Waals surface area contributed by atoms with Gasteiger partial charge in [-0.1, -0.05) is 45.9 Å². The van der Waals surface area contributed by atoms with Crippen molar-refractivity contribution in [2.75, 3.05) is 32.6 Å². The zero-order valence-corrected chi connectivity index (χ0v) is 22.4. The number of anilines is 1. The smallest absolute Gasteiger partial charge is 0.433 e. The lowest BCUT2D eigenvalue weighted by atomic mass is 10.0. The Kier molecular flexibility index (Phi) is 12.7. The molecule has 0 unspecified atom stereocenters. The van der Waals surface area contributed by atoms with E-state index in [1.54, 1.807) is 6.08 Å². The van der Waals surface area contributed by atoms with Gasteiger partial charge < -0.3 is 15.0 Å². The summed E-state index contributed by atoms with van der Waals surface area (Å²) in [5, 5.41) is 14.9. The zero-order chi connectivity index (χ0) is 27.5. The van der Waals surface area contributed by atoms with Crippen molar-refractivity contribution in [2.45, 2.75) is 72.6 Å². The molecule has 1 aromatic heterocycles. The van der Waals surface area contributed by atoms with Crippen molar-refractivity contribution >= 4 is 11.4 Å². The Morgan fingerprint density at radius 2 is 1.75 bits per heavy atom. The molecular formula is C26H40F3N5O2. The number of rotatable bonds is 6. The van der Waals surface area contributed by atoms with Gasteiger partial charge in [-0.25, -0.2) is 4.68 Å². The minimum Gasteiger partial charge on any atom is -0.496 e. The summed E-state index contributed by atoms with van der Waals surface area (Å²) in [6, 6.07) is -0.164. The molecule has 0 atom stereocenters. The third-order valence-electron chi connectivity index (χ3n) is 5.65. The number of methoxy groups -OCH3 is 1. The monoisotopic (exact) mass is 511 g/mol. The van der Waals surface area contributed by atoms with Crippen LogP contribution in [0.4, 0.5) is 18.9 Å². The molecule has 10 heteroatoms. The molecule has 2 aliphatic rings. The maximum atomic E-state index is 13.4. The van der Waals surface area contributed by atoms with Crippen LogP contribution in [-0.4, -0.2) is 59.9 Å². The Morgan fingerprint density at radius 3 is 2.31 bits per heavy atom. The summed E-state index contributed by atoms with van der Waals surface area (Å²) in [5.74, 6) is 0.557. The molecule has 36 heavy (non-hydrogen) atoms. The Morgan fingerprint density at radius 1 is 1.17 bits per heavy atom. The minimum atomic E-state index is -4.89. The number of alkyl halides is 3. The molecule has 1 aliphatic heterocycles. The highest BCUT2D eigenvalue weighted by molar-refractivity contribution is 6.07. The molecule has 202 valence electrons. The fraction of sp³-hybridized carbons (Fsp3) is 0.577. The first kappa shape index (κ1) is 31.2. The highest BCUT2D eigenvalue weighted by atomic mass is 19.4. The van der Waals surface area contributed by atoms with Crippen molar-refractivity contribution in [3.8, 4) is 0 Å². The summed E-state index contributed by atoms with van der Waals surface area (Å²) in [5.41, 5.74) is -2.33. The Balaban J connectivity index is 0.00000154. The van der Waals surface area contributed by atoms with Gasteiger partial charge in [-0.3, -0.25) is 10.2 Å². The first-order valence-corrected chi connectivity index (χ1v) is 12.4. The Bertz CT molecular complexity index is 1020.